The highest BCUT2D eigenvalue weighted by molar-refractivity contribution is 7.80. The lowest BCUT2D eigenvalue weighted by atomic mass is 10.2. The van der Waals surface area contributed by atoms with Crippen LogP contribution < -0.4 is 0 Å². The summed E-state index contributed by atoms with van der Waals surface area (Å²) in [6.07, 6.45) is 0. The molecule has 0 N–H and O–H groups in total. The molecule has 0 fully saturated rings. The fraction of sp³-hybridized carbons (Fsp3) is 1.00. The van der Waals surface area contributed by atoms with E-state index in [1.165, 1.54) is 0 Å². The van der Waals surface area contributed by atoms with E-state index >= 15 is 0 Å². The fourth-order valence-corrected chi connectivity index (χ4v) is 0.585. The van der Waals surface area contributed by atoms with Gasteiger partial charge in [-0.1, -0.05) is 6.92 Å². The molecule has 2 nitrogen and oxygen atoms in total. The van der Waals surface area contributed by atoms with Crippen LogP contribution in [0.4, 0.5) is 0 Å². The van der Waals surface area contributed by atoms with E-state index in [0.717, 1.165) is 12.4 Å². The number of hydrogen-bond acceptors (Lipinski definition) is 3. The van der Waals surface area contributed by atoms with Crippen molar-refractivity contribution < 1.29 is 9.47 Å². The molecule has 0 rings (SSSR count). The second-order valence-electron chi connectivity index (χ2n) is 2.36. The minimum Gasteiger partial charge on any atom is -0.382 e. The summed E-state index contributed by atoms with van der Waals surface area (Å²) in [5, 5.41) is 0. The standard InChI is InChI=1S/C7H16O2S/c1-7(6-10)5-9-4-3-8-2/h7,10H,3-6H2,1-2H3. The maximum absolute atomic E-state index is 5.25. The van der Waals surface area contributed by atoms with E-state index < -0.39 is 0 Å². The predicted molar refractivity (Wildman–Crippen MR) is 45.7 cm³/mol. The van der Waals surface area contributed by atoms with Crippen molar-refractivity contribution in [3.05, 3.63) is 0 Å². The molecule has 0 radical (unpaired) electrons. The Labute approximate surface area is 68.3 Å². The van der Waals surface area contributed by atoms with Gasteiger partial charge in [0, 0.05) is 7.11 Å². The molecule has 0 amide bonds. The molecule has 0 aliphatic rings. The molecule has 1 unspecified atom stereocenters. The summed E-state index contributed by atoms with van der Waals surface area (Å²) >= 11 is 4.13. The van der Waals surface area contributed by atoms with Gasteiger partial charge in [0.1, 0.15) is 0 Å². The Morgan fingerprint density at radius 2 is 2.10 bits per heavy atom. The second-order valence-corrected chi connectivity index (χ2v) is 2.72. The Balaban J connectivity index is 2.89. The molecule has 10 heavy (non-hydrogen) atoms. The van der Waals surface area contributed by atoms with Crippen LogP contribution >= 0.6 is 12.6 Å². The third-order valence-corrected chi connectivity index (χ3v) is 1.77. The van der Waals surface area contributed by atoms with Crippen LogP contribution in [0.5, 0.6) is 0 Å². The van der Waals surface area contributed by atoms with Gasteiger partial charge in [0.05, 0.1) is 19.8 Å². The van der Waals surface area contributed by atoms with Gasteiger partial charge in [-0.25, -0.2) is 0 Å². The molecule has 1 atom stereocenters. The van der Waals surface area contributed by atoms with E-state index in [9.17, 15) is 0 Å². The maximum Gasteiger partial charge on any atom is 0.0700 e. The van der Waals surface area contributed by atoms with Crippen LogP contribution in [0.15, 0.2) is 0 Å². The summed E-state index contributed by atoms with van der Waals surface area (Å²) in [4.78, 5) is 0. The van der Waals surface area contributed by atoms with Gasteiger partial charge >= 0.3 is 0 Å². The van der Waals surface area contributed by atoms with Gasteiger partial charge in [-0.2, -0.15) is 12.6 Å². The average molecular weight is 164 g/mol. The van der Waals surface area contributed by atoms with Crippen LogP contribution in [0, 0.1) is 5.92 Å². The van der Waals surface area contributed by atoms with E-state index in [2.05, 4.69) is 19.6 Å². The molecule has 0 aromatic heterocycles. The van der Waals surface area contributed by atoms with E-state index in [4.69, 9.17) is 9.47 Å². The summed E-state index contributed by atoms with van der Waals surface area (Å²) in [5.74, 6) is 1.42. The Kier molecular flexibility index (Phi) is 7.58. The van der Waals surface area contributed by atoms with Gasteiger partial charge in [-0.15, -0.1) is 0 Å². The molecule has 0 spiro atoms. The smallest absolute Gasteiger partial charge is 0.0700 e. The third kappa shape index (κ3) is 6.39. The number of hydrogen-bond donors (Lipinski definition) is 1. The predicted octanol–water partition coefficient (Wildman–Crippen LogP) is 1.22. The van der Waals surface area contributed by atoms with Crippen molar-refractivity contribution in [2.75, 3.05) is 32.7 Å². The minimum atomic E-state index is 0.542. The molecule has 0 saturated carbocycles. The van der Waals surface area contributed by atoms with E-state index in [-0.39, 0.29) is 0 Å². The van der Waals surface area contributed by atoms with Crippen molar-refractivity contribution in [3.63, 3.8) is 0 Å². The zero-order chi connectivity index (χ0) is 7.82. The lowest BCUT2D eigenvalue weighted by molar-refractivity contribution is 0.0580. The summed E-state index contributed by atoms with van der Waals surface area (Å²) in [6, 6.07) is 0. The van der Waals surface area contributed by atoms with E-state index in [1.807, 2.05) is 0 Å². The Hall–Kier alpha value is 0.270. The third-order valence-electron chi connectivity index (χ3n) is 1.15. The normalized spacial score (nSPS) is 13.5. The maximum atomic E-state index is 5.25. The van der Waals surface area contributed by atoms with Crippen LogP contribution in [-0.4, -0.2) is 32.7 Å². The van der Waals surface area contributed by atoms with Crippen LogP contribution in [0.2, 0.25) is 0 Å². The monoisotopic (exact) mass is 164 g/mol. The summed E-state index contributed by atoms with van der Waals surface area (Å²) < 4.78 is 10.1. The first-order valence-electron chi connectivity index (χ1n) is 3.48. The summed E-state index contributed by atoms with van der Waals surface area (Å²) in [5.41, 5.74) is 0. The number of thiol groups is 1. The Bertz CT molecular complexity index is 68.6. The van der Waals surface area contributed by atoms with Crippen molar-refractivity contribution >= 4 is 12.6 Å². The van der Waals surface area contributed by atoms with E-state index in [1.54, 1.807) is 7.11 Å². The zero-order valence-electron chi connectivity index (χ0n) is 6.67. The van der Waals surface area contributed by atoms with Crippen molar-refractivity contribution in [1.29, 1.82) is 0 Å². The SMILES string of the molecule is COCCOCC(C)CS. The molecular formula is C7H16O2S. The Morgan fingerprint density at radius 1 is 1.40 bits per heavy atom. The number of rotatable bonds is 6. The number of methoxy groups -OCH3 is 1. The van der Waals surface area contributed by atoms with Gasteiger partial charge in [0.2, 0.25) is 0 Å². The average Bonchev–Trinajstić information content (AvgIpc) is 1.98. The fourth-order valence-electron chi connectivity index (χ4n) is 0.479. The molecular weight excluding hydrogens is 148 g/mol. The van der Waals surface area contributed by atoms with Crippen molar-refractivity contribution in [2.45, 2.75) is 6.92 Å². The van der Waals surface area contributed by atoms with E-state index in [0.29, 0.717) is 19.1 Å². The highest BCUT2D eigenvalue weighted by atomic mass is 32.1. The molecule has 0 aliphatic heterocycles. The van der Waals surface area contributed by atoms with Crippen LogP contribution in [0.1, 0.15) is 6.92 Å². The minimum absolute atomic E-state index is 0.542. The first kappa shape index (κ1) is 10.3. The molecule has 0 aromatic carbocycles. The molecule has 0 saturated heterocycles. The quantitative estimate of drug-likeness (QED) is 0.470. The van der Waals surface area contributed by atoms with Gasteiger partial charge < -0.3 is 9.47 Å². The molecule has 0 heterocycles. The van der Waals surface area contributed by atoms with Crippen LogP contribution in [-0.2, 0) is 9.47 Å². The molecule has 62 valence electrons. The highest BCUT2D eigenvalue weighted by Crippen LogP contribution is 1.97. The lowest BCUT2D eigenvalue weighted by Crippen LogP contribution is -2.10. The van der Waals surface area contributed by atoms with Crippen LogP contribution in [0.3, 0.4) is 0 Å². The van der Waals surface area contributed by atoms with Gasteiger partial charge in [0.25, 0.3) is 0 Å². The van der Waals surface area contributed by atoms with Gasteiger partial charge in [0.15, 0.2) is 0 Å². The van der Waals surface area contributed by atoms with Gasteiger partial charge in [-0.05, 0) is 11.7 Å². The number of ether oxygens (including phenoxy) is 2. The first-order valence-corrected chi connectivity index (χ1v) is 4.12. The van der Waals surface area contributed by atoms with Crippen molar-refractivity contribution in [2.24, 2.45) is 5.92 Å². The summed E-state index contributed by atoms with van der Waals surface area (Å²) in [7, 11) is 1.67. The topological polar surface area (TPSA) is 18.5 Å². The largest absolute Gasteiger partial charge is 0.382 e. The lowest BCUT2D eigenvalue weighted by Gasteiger charge is -2.07. The molecule has 3 heteroatoms. The second kappa shape index (κ2) is 7.38. The van der Waals surface area contributed by atoms with Crippen LogP contribution in [0.25, 0.3) is 0 Å². The summed E-state index contributed by atoms with van der Waals surface area (Å²) in [6.45, 7) is 4.26. The van der Waals surface area contributed by atoms with Crippen molar-refractivity contribution in [3.8, 4) is 0 Å². The molecule has 0 aliphatic carbocycles. The van der Waals surface area contributed by atoms with Crippen molar-refractivity contribution in [1.82, 2.24) is 0 Å². The zero-order valence-corrected chi connectivity index (χ0v) is 7.56. The van der Waals surface area contributed by atoms with Gasteiger partial charge in [-0.3, -0.25) is 0 Å². The highest BCUT2D eigenvalue weighted by Gasteiger charge is 1.97. The first-order chi connectivity index (χ1) is 4.81. The molecule has 0 bridgehead atoms. The molecule has 0 aromatic rings. The Morgan fingerprint density at radius 3 is 2.60 bits per heavy atom.